The number of nitrogens with one attached hydrogen (secondary N) is 2. The zero-order chi connectivity index (χ0) is 28.3. The molecule has 0 saturated carbocycles. The second-order valence-electron chi connectivity index (χ2n) is 10.5. The molecular weight excluding hydrogens is 516 g/mol. The van der Waals surface area contributed by atoms with Crippen molar-refractivity contribution in [2.45, 2.75) is 69.5 Å². The Morgan fingerprint density at radius 1 is 1.02 bits per heavy atom. The maximum Gasteiger partial charge on any atom is 0.310 e. The summed E-state index contributed by atoms with van der Waals surface area (Å²) in [5, 5.41) is 8.12. The van der Waals surface area contributed by atoms with Crippen LogP contribution in [0.1, 0.15) is 54.9 Å². The number of fused-ring (bicyclic) bond motifs is 1. The number of amides is 4. The van der Waals surface area contributed by atoms with Gasteiger partial charge in [-0.15, -0.1) is 0 Å². The lowest BCUT2D eigenvalue weighted by Gasteiger charge is -2.44. The van der Waals surface area contributed by atoms with Crippen molar-refractivity contribution in [1.82, 2.24) is 20.7 Å². The topological polar surface area (TPSA) is 134 Å². The van der Waals surface area contributed by atoms with Gasteiger partial charge < -0.3 is 20.1 Å². The summed E-state index contributed by atoms with van der Waals surface area (Å²) in [5.41, 5.74) is 0.0702. The molecule has 0 bridgehead atoms. The molecule has 11 nitrogen and oxygen atoms in total. The third-order valence-corrected chi connectivity index (χ3v) is 7.43. The lowest BCUT2D eigenvalue weighted by molar-refractivity contribution is -0.181. The molecule has 4 atom stereocenters. The summed E-state index contributed by atoms with van der Waals surface area (Å²) in [5.74, 6) is -2.32. The molecule has 2 N–H and O–H groups in total. The first-order valence-corrected chi connectivity index (χ1v) is 13.4. The molecule has 3 saturated heterocycles. The molecule has 5 rings (SSSR count). The summed E-state index contributed by atoms with van der Waals surface area (Å²) in [7, 11) is 0. The second-order valence-corrected chi connectivity index (χ2v) is 10.5. The summed E-state index contributed by atoms with van der Waals surface area (Å²) < 4.78 is 11.3. The molecule has 210 valence electrons. The van der Waals surface area contributed by atoms with E-state index in [-0.39, 0.29) is 38.3 Å². The predicted octanol–water partition coefficient (Wildman–Crippen LogP) is 1.68. The number of ether oxygens (including phenoxy) is 2. The molecule has 3 aliphatic rings. The minimum absolute atomic E-state index is 0.0474. The van der Waals surface area contributed by atoms with Crippen molar-refractivity contribution in [2.75, 3.05) is 6.54 Å². The van der Waals surface area contributed by atoms with E-state index >= 15 is 0 Å². The molecule has 0 aliphatic carbocycles. The van der Waals surface area contributed by atoms with Crippen LogP contribution in [-0.2, 0) is 35.3 Å². The minimum Gasteiger partial charge on any atom is -0.433 e. The molecule has 3 aliphatic heterocycles. The second kappa shape index (κ2) is 11.5. The van der Waals surface area contributed by atoms with Crippen LogP contribution in [-0.4, -0.2) is 70.1 Å². The highest BCUT2D eigenvalue weighted by Gasteiger charge is 2.51. The molecular formula is C29H32N4O7. The standard InChI is InChI=1S/C29H32N4O7/c1-29(17-24(35)40-28(29)39-18-19-9-4-2-5-10-19)31-26(37)22-13-8-16-32-23(34)15-14-21(27(38)33(22)32)30-25(36)20-11-6-3-7-12-20/h2-7,9-12,21-22,28H,8,13-18H2,1H3,(H,30,36)(H,31,37)/t21-,22-,28+,29-/m0/s1. The van der Waals surface area contributed by atoms with Crippen LogP contribution in [0.25, 0.3) is 0 Å². The van der Waals surface area contributed by atoms with Crippen LogP contribution < -0.4 is 10.6 Å². The molecule has 0 aromatic heterocycles. The third-order valence-electron chi connectivity index (χ3n) is 7.43. The van der Waals surface area contributed by atoms with Gasteiger partial charge >= 0.3 is 5.97 Å². The zero-order valence-corrected chi connectivity index (χ0v) is 22.2. The van der Waals surface area contributed by atoms with Crippen LogP contribution in [0.2, 0.25) is 0 Å². The van der Waals surface area contributed by atoms with Gasteiger partial charge in [-0.05, 0) is 43.9 Å². The number of nitrogens with zero attached hydrogens (tertiary/aromatic N) is 2. The van der Waals surface area contributed by atoms with E-state index in [4.69, 9.17) is 9.47 Å². The van der Waals surface area contributed by atoms with E-state index in [9.17, 15) is 24.0 Å². The molecule has 11 heteroatoms. The molecule has 0 radical (unpaired) electrons. The minimum atomic E-state index is -1.19. The van der Waals surface area contributed by atoms with Gasteiger partial charge in [-0.1, -0.05) is 48.5 Å². The van der Waals surface area contributed by atoms with E-state index in [0.29, 0.717) is 18.4 Å². The van der Waals surface area contributed by atoms with Gasteiger partial charge in [0.05, 0.1) is 13.0 Å². The molecule has 3 fully saturated rings. The Bertz CT molecular complexity index is 1290. The average Bonchev–Trinajstić information content (AvgIpc) is 3.19. The van der Waals surface area contributed by atoms with Crippen LogP contribution >= 0.6 is 0 Å². The van der Waals surface area contributed by atoms with Crippen LogP contribution in [0.5, 0.6) is 0 Å². The zero-order valence-electron chi connectivity index (χ0n) is 22.2. The number of carbonyl (C=O) groups excluding carboxylic acids is 5. The van der Waals surface area contributed by atoms with Crippen LogP contribution in [0.4, 0.5) is 0 Å². The molecule has 0 unspecified atom stereocenters. The lowest BCUT2D eigenvalue weighted by atomic mass is 9.97. The first kappa shape index (κ1) is 27.3. The summed E-state index contributed by atoms with van der Waals surface area (Å²) in [6, 6.07) is 15.8. The SMILES string of the molecule is C[C@]1(NC(=O)[C@@H]2CCCN3C(=O)CC[C@H](NC(=O)c4ccccc4)C(=O)N23)CC(=O)O[C@H]1OCc1ccccc1. The van der Waals surface area contributed by atoms with Crippen LogP contribution in [0.15, 0.2) is 60.7 Å². The van der Waals surface area contributed by atoms with Gasteiger partial charge in [0.25, 0.3) is 11.8 Å². The summed E-state index contributed by atoms with van der Waals surface area (Å²) in [4.78, 5) is 65.5. The highest BCUT2D eigenvalue weighted by atomic mass is 16.7. The van der Waals surface area contributed by atoms with Crippen molar-refractivity contribution < 1.29 is 33.4 Å². The maximum atomic E-state index is 13.7. The predicted molar refractivity (Wildman–Crippen MR) is 141 cm³/mol. The van der Waals surface area contributed by atoms with E-state index in [2.05, 4.69) is 10.6 Å². The summed E-state index contributed by atoms with van der Waals surface area (Å²) >= 11 is 0. The lowest BCUT2D eigenvalue weighted by Crippen LogP contribution is -2.66. The van der Waals surface area contributed by atoms with Gasteiger partial charge in [0.1, 0.15) is 17.6 Å². The average molecular weight is 549 g/mol. The molecule has 0 spiro atoms. The van der Waals surface area contributed by atoms with Gasteiger partial charge in [-0.3, -0.25) is 29.0 Å². The van der Waals surface area contributed by atoms with Crippen LogP contribution in [0.3, 0.4) is 0 Å². The number of hydrogen-bond donors (Lipinski definition) is 2. The van der Waals surface area contributed by atoms with E-state index in [1.54, 1.807) is 37.3 Å². The van der Waals surface area contributed by atoms with Crippen molar-refractivity contribution in [1.29, 1.82) is 0 Å². The summed E-state index contributed by atoms with van der Waals surface area (Å²) in [6.45, 7) is 2.11. The summed E-state index contributed by atoms with van der Waals surface area (Å²) in [6.07, 6.45) is -0.172. The molecule has 2 aromatic rings. The Balaban J connectivity index is 1.32. The Hall–Kier alpha value is -4.25. The van der Waals surface area contributed by atoms with Crippen molar-refractivity contribution in [3.05, 3.63) is 71.8 Å². The molecule has 4 amide bonds. The number of hydrogen-bond acceptors (Lipinski definition) is 7. The Morgan fingerprint density at radius 3 is 2.45 bits per heavy atom. The van der Waals surface area contributed by atoms with E-state index < -0.39 is 47.6 Å². The number of benzene rings is 2. The fourth-order valence-electron chi connectivity index (χ4n) is 5.34. The number of cyclic esters (lactones) is 1. The number of esters is 1. The Kier molecular flexibility index (Phi) is 7.83. The van der Waals surface area contributed by atoms with Gasteiger partial charge in [-0.2, -0.15) is 0 Å². The molecule has 2 aromatic carbocycles. The largest absolute Gasteiger partial charge is 0.433 e. The highest BCUT2D eigenvalue weighted by Crippen LogP contribution is 2.31. The fourth-order valence-corrected chi connectivity index (χ4v) is 5.34. The number of rotatable bonds is 7. The Morgan fingerprint density at radius 2 is 1.73 bits per heavy atom. The maximum absolute atomic E-state index is 13.7. The number of hydrazine groups is 1. The first-order valence-electron chi connectivity index (χ1n) is 13.4. The smallest absolute Gasteiger partial charge is 0.310 e. The molecule has 3 heterocycles. The Labute approximate surface area is 231 Å². The van der Waals surface area contributed by atoms with Gasteiger partial charge in [0.15, 0.2) is 0 Å². The fraction of sp³-hybridized carbons (Fsp3) is 0.414. The van der Waals surface area contributed by atoms with Crippen LogP contribution in [0, 0.1) is 0 Å². The molecule has 40 heavy (non-hydrogen) atoms. The van der Waals surface area contributed by atoms with Gasteiger partial charge in [-0.25, -0.2) is 5.01 Å². The van der Waals surface area contributed by atoms with Crippen molar-refractivity contribution in [3.63, 3.8) is 0 Å². The van der Waals surface area contributed by atoms with E-state index in [1.807, 2.05) is 30.3 Å². The van der Waals surface area contributed by atoms with Crippen molar-refractivity contribution in [2.24, 2.45) is 0 Å². The number of carbonyl (C=O) groups is 5. The normalized spacial score (nSPS) is 26.5. The van der Waals surface area contributed by atoms with E-state index in [1.165, 1.54) is 10.0 Å². The van der Waals surface area contributed by atoms with Gasteiger partial charge in [0.2, 0.25) is 18.1 Å². The monoisotopic (exact) mass is 548 g/mol. The van der Waals surface area contributed by atoms with Crippen molar-refractivity contribution in [3.8, 4) is 0 Å². The third kappa shape index (κ3) is 5.69. The van der Waals surface area contributed by atoms with Gasteiger partial charge in [0, 0.05) is 18.5 Å². The van der Waals surface area contributed by atoms with Crippen molar-refractivity contribution >= 4 is 29.6 Å². The highest BCUT2D eigenvalue weighted by molar-refractivity contribution is 5.99. The first-order chi connectivity index (χ1) is 19.2. The van der Waals surface area contributed by atoms with E-state index in [0.717, 1.165) is 5.56 Å². The quantitative estimate of drug-likeness (QED) is 0.503.